The lowest BCUT2D eigenvalue weighted by atomic mass is 9.97. The van der Waals surface area contributed by atoms with E-state index in [9.17, 15) is 15.2 Å². The van der Waals surface area contributed by atoms with Crippen LogP contribution in [-0.4, -0.2) is 15.8 Å². The lowest BCUT2D eigenvalue weighted by Gasteiger charge is -2.09. The maximum absolute atomic E-state index is 10.9. The lowest BCUT2D eigenvalue weighted by Crippen LogP contribution is -1.95. The number of nitro benzene ring substituents is 1. The van der Waals surface area contributed by atoms with Gasteiger partial charge in [0.15, 0.2) is 0 Å². The van der Waals surface area contributed by atoms with E-state index >= 15 is 0 Å². The summed E-state index contributed by atoms with van der Waals surface area (Å²) in [6.45, 7) is 0. The second-order valence-corrected chi connectivity index (χ2v) is 4.57. The van der Waals surface area contributed by atoms with Crippen LogP contribution in [0.1, 0.15) is 5.56 Å². The van der Waals surface area contributed by atoms with Crippen LogP contribution in [0.5, 0.6) is 5.75 Å². The molecule has 2 aromatic carbocycles. The van der Waals surface area contributed by atoms with E-state index in [0.29, 0.717) is 5.75 Å². The molecule has 0 unspecified atom stereocenters. The van der Waals surface area contributed by atoms with Gasteiger partial charge in [0.2, 0.25) is 0 Å². The third kappa shape index (κ3) is 3.06. The second kappa shape index (κ2) is 5.75. The molecule has 0 spiro atoms. The Morgan fingerprint density at radius 3 is 2.42 bits per heavy atom. The molecular formula is C14H13NO3S. The SMILES string of the molecule is O=[N+]([O-])c1ccc(CCS)c(-c2ccc(O)cc2)c1. The molecule has 0 heterocycles. The van der Waals surface area contributed by atoms with Crippen LogP contribution in [0.3, 0.4) is 0 Å². The van der Waals surface area contributed by atoms with Gasteiger partial charge in [0.05, 0.1) is 4.92 Å². The molecule has 0 saturated heterocycles. The number of rotatable bonds is 4. The van der Waals surface area contributed by atoms with Crippen molar-refractivity contribution in [1.29, 1.82) is 0 Å². The molecule has 0 radical (unpaired) electrons. The predicted octanol–water partition coefficient (Wildman–Crippen LogP) is 3.44. The number of non-ortho nitro benzene ring substituents is 1. The number of thiol groups is 1. The smallest absolute Gasteiger partial charge is 0.270 e. The first-order valence-electron chi connectivity index (χ1n) is 5.79. The Morgan fingerprint density at radius 1 is 1.16 bits per heavy atom. The van der Waals surface area contributed by atoms with Crippen molar-refractivity contribution in [3.8, 4) is 16.9 Å². The molecule has 0 aliphatic rings. The van der Waals surface area contributed by atoms with Crippen LogP contribution < -0.4 is 0 Å². The quantitative estimate of drug-likeness (QED) is 0.510. The lowest BCUT2D eigenvalue weighted by molar-refractivity contribution is -0.384. The monoisotopic (exact) mass is 275 g/mol. The molecule has 0 fully saturated rings. The average molecular weight is 275 g/mol. The van der Waals surface area contributed by atoms with Gasteiger partial charge in [-0.2, -0.15) is 12.6 Å². The molecule has 19 heavy (non-hydrogen) atoms. The van der Waals surface area contributed by atoms with E-state index in [1.807, 2.05) is 0 Å². The first-order valence-corrected chi connectivity index (χ1v) is 6.42. The third-order valence-electron chi connectivity index (χ3n) is 2.86. The van der Waals surface area contributed by atoms with Crippen molar-refractivity contribution in [2.75, 3.05) is 5.75 Å². The van der Waals surface area contributed by atoms with Crippen LogP contribution in [0, 0.1) is 10.1 Å². The number of nitro groups is 1. The van der Waals surface area contributed by atoms with Crippen LogP contribution in [-0.2, 0) is 6.42 Å². The van der Waals surface area contributed by atoms with Crippen LogP contribution in [0.15, 0.2) is 42.5 Å². The van der Waals surface area contributed by atoms with Gasteiger partial charge in [0.25, 0.3) is 5.69 Å². The van der Waals surface area contributed by atoms with Crippen molar-refractivity contribution in [3.63, 3.8) is 0 Å². The number of phenols is 1. The highest BCUT2D eigenvalue weighted by atomic mass is 32.1. The molecule has 0 bridgehead atoms. The van der Waals surface area contributed by atoms with Gasteiger partial charge in [-0.25, -0.2) is 0 Å². The van der Waals surface area contributed by atoms with E-state index in [0.717, 1.165) is 23.1 Å². The fourth-order valence-corrected chi connectivity index (χ4v) is 2.17. The van der Waals surface area contributed by atoms with Crippen molar-refractivity contribution in [3.05, 3.63) is 58.1 Å². The fourth-order valence-electron chi connectivity index (χ4n) is 1.93. The molecule has 0 aromatic heterocycles. The molecule has 98 valence electrons. The highest BCUT2D eigenvalue weighted by Gasteiger charge is 2.12. The molecule has 4 nitrogen and oxygen atoms in total. The minimum absolute atomic E-state index is 0.0611. The summed E-state index contributed by atoms with van der Waals surface area (Å²) in [7, 11) is 0. The van der Waals surface area contributed by atoms with E-state index < -0.39 is 4.92 Å². The number of nitrogens with zero attached hydrogens (tertiary/aromatic N) is 1. The predicted molar refractivity (Wildman–Crippen MR) is 77.8 cm³/mol. The van der Waals surface area contributed by atoms with E-state index in [1.165, 1.54) is 6.07 Å². The van der Waals surface area contributed by atoms with Gasteiger partial charge in [-0.15, -0.1) is 0 Å². The summed E-state index contributed by atoms with van der Waals surface area (Å²) in [5.74, 6) is 0.841. The second-order valence-electron chi connectivity index (χ2n) is 4.12. The van der Waals surface area contributed by atoms with Crippen LogP contribution >= 0.6 is 12.6 Å². The van der Waals surface area contributed by atoms with Gasteiger partial charge in [0.1, 0.15) is 5.75 Å². The summed E-state index contributed by atoms with van der Waals surface area (Å²) < 4.78 is 0. The highest BCUT2D eigenvalue weighted by Crippen LogP contribution is 2.29. The normalized spacial score (nSPS) is 10.4. The number of aryl methyl sites for hydroxylation is 1. The summed E-state index contributed by atoms with van der Waals surface area (Å²) in [5.41, 5.74) is 2.72. The van der Waals surface area contributed by atoms with Gasteiger partial charge in [-0.05, 0) is 41.0 Å². The van der Waals surface area contributed by atoms with Crippen molar-refractivity contribution in [2.45, 2.75) is 6.42 Å². The highest BCUT2D eigenvalue weighted by molar-refractivity contribution is 7.80. The Bertz CT molecular complexity index is 596. The first kappa shape index (κ1) is 13.4. The summed E-state index contributed by atoms with van der Waals surface area (Å²) in [6.07, 6.45) is 0.733. The minimum atomic E-state index is -0.408. The van der Waals surface area contributed by atoms with Gasteiger partial charge in [-0.3, -0.25) is 10.1 Å². The summed E-state index contributed by atoms with van der Waals surface area (Å²) in [4.78, 5) is 10.4. The zero-order chi connectivity index (χ0) is 13.8. The molecule has 1 N–H and O–H groups in total. The van der Waals surface area contributed by atoms with Gasteiger partial charge >= 0.3 is 0 Å². The number of phenolic OH excluding ortho intramolecular Hbond substituents is 1. The zero-order valence-electron chi connectivity index (χ0n) is 10.1. The average Bonchev–Trinajstić information content (AvgIpc) is 2.40. The first-order chi connectivity index (χ1) is 9.11. The number of aromatic hydroxyl groups is 1. The molecule has 0 aliphatic heterocycles. The summed E-state index contributed by atoms with van der Waals surface area (Å²) in [5, 5.41) is 20.2. The van der Waals surface area contributed by atoms with Gasteiger partial charge in [-0.1, -0.05) is 18.2 Å². The van der Waals surface area contributed by atoms with Crippen LogP contribution in [0.25, 0.3) is 11.1 Å². The van der Waals surface area contributed by atoms with E-state index in [-0.39, 0.29) is 11.4 Å². The summed E-state index contributed by atoms with van der Waals surface area (Å²) >= 11 is 4.20. The fraction of sp³-hybridized carbons (Fsp3) is 0.143. The van der Waals surface area contributed by atoms with Gasteiger partial charge in [0, 0.05) is 12.1 Å². The Morgan fingerprint density at radius 2 is 1.84 bits per heavy atom. The third-order valence-corrected chi connectivity index (χ3v) is 3.09. The number of hydrogen-bond donors (Lipinski definition) is 2. The van der Waals surface area contributed by atoms with Crippen molar-refractivity contribution < 1.29 is 10.0 Å². The van der Waals surface area contributed by atoms with E-state index in [4.69, 9.17) is 0 Å². The zero-order valence-corrected chi connectivity index (χ0v) is 11.0. The molecule has 5 heteroatoms. The number of benzene rings is 2. The molecule has 2 rings (SSSR count). The topological polar surface area (TPSA) is 63.4 Å². The molecule has 2 aromatic rings. The largest absolute Gasteiger partial charge is 0.508 e. The Kier molecular flexibility index (Phi) is 4.06. The minimum Gasteiger partial charge on any atom is -0.508 e. The van der Waals surface area contributed by atoms with Gasteiger partial charge < -0.3 is 5.11 Å². The Hall–Kier alpha value is -2.01. The van der Waals surface area contributed by atoms with Crippen molar-refractivity contribution in [1.82, 2.24) is 0 Å². The Balaban J connectivity index is 2.53. The molecular weight excluding hydrogens is 262 g/mol. The van der Waals surface area contributed by atoms with E-state index in [1.54, 1.807) is 36.4 Å². The molecule has 0 saturated carbocycles. The van der Waals surface area contributed by atoms with Crippen molar-refractivity contribution in [2.24, 2.45) is 0 Å². The number of hydrogen-bond acceptors (Lipinski definition) is 4. The molecule has 0 atom stereocenters. The molecule has 0 aliphatic carbocycles. The van der Waals surface area contributed by atoms with E-state index in [2.05, 4.69) is 12.6 Å². The maximum Gasteiger partial charge on any atom is 0.270 e. The van der Waals surface area contributed by atoms with Crippen molar-refractivity contribution >= 4 is 18.3 Å². The molecule has 0 amide bonds. The van der Waals surface area contributed by atoms with Crippen LogP contribution in [0.4, 0.5) is 5.69 Å². The summed E-state index contributed by atoms with van der Waals surface area (Å²) in [6, 6.07) is 11.5. The maximum atomic E-state index is 10.9. The standard InChI is InChI=1S/C14H13NO3S/c16-13-5-2-10(3-6-13)14-9-12(15(17)18)4-1-11(14)7-8-19/h1-6,9,16,19H,7-8H2. The Labute approximate surface area is 116 Å². The van der Waals surface area contributed by atoms with Crippen LogP contribution in [0.2, 0.25) is 0 Å².